The molecule has 202 valence electrons. The first-order valence-corrected chi connectivity index (χ1v) is 14.3. The zero-order valence-corrected chi connectivity index (χ0v) is 23.4. The summed E-state index contributed by atoms with van der Waals surface area (Å²) in [5.41, 5.74) is 4.06. The lowest BCUT2D eigenvalue weighted by molar-refractivity contribution is -0.131. The predicted octanol–water partition coefficient (Wildman–Crippen LogP) is 5.76. The van der Waals surface area contributed by atoms with Crippen LogP contribution in [-0.4, -0.2) is 54.9 Å². The molecule has 1 aromatic heterocycles. The second-order valence-electron chi connectivity index (χ2n) is 11.5. The lowest BCUT2D eigenvalue weighted by Gasteiger charge is -2.39. The van der Waals surface area contributed by atoms with Crippen LogP contribution < -0.4 is 10.2 Å². The van der Waals surface area contributed by atoms with Gasteiger partial charge in [0.05, 0.1) is 0 Å². The number of carbonyl (C=O) groups excluding carboxylic acids is 2. The van der Waals surface area contributed by atoms with Crippen LogP contribution in [0.15, 0.2) is 48.7 Å². The highest BCUT2D eigenvalue weighted by atomic mass is 35.5. The van der Waals surface area contributed by atoms with Crippen LogP contribution in [0.2, 0.25) is 5.02 Å². The van der Waals surface area contributed by atoms with E-state index in [2.05, 4.69) is 42.3 Å². The summed E-state index contributed by atoms with van der Waals surface area (Å²) in [5.74, 6) is -0.00998. The predicted molar refractivity (Wildman–Crippen MR) is 155 cm³/mol. The van der Waals surface area contributed by atoms with Gasteiger partial charge in [0.15, 0.2) is 0 Å². The molecule has 2 heterocycles. The molecule has 38 heavy (non-hydrogen) atoms. The van der Waals surface area contributed by atoms with E-state index in [0.29, 0.717) is 11.6 Å². The van der Waals surface area contributed by atoms with E-state index in [1.165, 1.54) is 6.42 Å². The summed E-state index contributed by atoms with van der Waals surface area (Å²) in [4.78, 5) is 35.5. The van der Waals surface area contributed by atoms with Gasteiger partial charge in [-0.1, -0.05) is 56.0 Å². The van der Waals surface area contributed by atoms with Crippen LogP contribution >= 0.6 is 11.6 Å². The lowest BCUT2D eigenvalue weighted by atomic mass is 9.86. The van der Waals surface area contributed by atoms with Crippen molar-refractivity contribution in [1.29, 1.82) is 0 Å². The zero-order valence-electron chi connectivity index (χ0n) is 22.7. The van der Waals surface area contributed by atoms with Crippen LogP contribution in [0.1, 0.15) is 56.1 Å². The Morgan fingerprint density at radius 1 is 1.13 bits per heavy atom. The molecule has 2 N–H and O–H groups in total. The number of nitrogens with one attached hydrogen (secondary N) is 2. The molecule has 5 rings (SSSR count). The number of para-hydroxylation sites is 1. The number of hydrogen-bond acceptors (Lipinski definition) is 3. The molecule has 2 aromatic carbocycles. The average molecular weight is 535 g/mol. The van der Waals surface area contributed by atoms with Crippen LogP contribution in [0.3, 0.4) is 0 Å². The number of amides is 2. The molecule has 0 spiro atoms. The van der Waals surface area contributed by atoms with E-state index in [9.17, 15) is 9.59 Å². The van der Waals surface area contributed by atoms with Crippen molar-refractivity contribution in [2.24, 2.45) is 11.8 Å². The SMILES string of the molecule is CC(c1c[nH]c2ccccc12)C(NC(=O)C1CCCCC1)C(=O)N1C[C@@H](CN(C)C)Cc2cc(Cl)ccc21. The molecule has 3 atom stereocenters. The van der Waals surface area contributed by atoms with Crippen LogP contribution in [0, 0.1) is 11.8 Å². The van der Waals surface area contributed by atoms with Crippen molar-refractivity contribution in [2.45, 2.75) is 57.4 Å². The van der Waals surface area contributed by atoms with Gasteiger partial charge in [0.1, 0.15) is 6.04 Å². The molecule has 2 amide bonds. The number of H-pyrrole nitrogens is 1. The van der Waals surface area contributed by atoms with E-state index in [1.807, 2.05) is 47.5 Å². The number of benzene rings is 2. The standard InChI is InChI=1S/C31H39ClN4O2/c1-20(26-17-33-27-12-8-7-11-25(26)27)29(34-30(37)22-9-5-4-6-10-22)31(38)36-19-21(18-35(2)3)15-23-16-24(32)13-14-28(23)36/h7-8,11-14,16-17,20-22,29,33H,4-6,9-10,15,18-19H2,1-3H3,(H,34,37)/t20?,21-,29?/m1/s1. The first-order chi connectivity index (χ1) is 18.3. The first-order valence-electron chi connectivity index (χ1n) is 13.9. The summed E-state index contributed by atoms with van der Waals surface area (Å²) in [6.45, 7) is 3.54. The van der Waals surface area contributed by atoms with Gasteiger partial charge in [-0.3, -0.25) is 9.59 Å². The topological polar surface area (TPSA) is 68.4 Å². The summed E-state index contributed by atoms with van der Waals surface area (Å²) in [6.07, 6.45) is 7.96. The molecule has 1 saturated carbocycles. The van der Waals surface area contributed by atoms with Gasteiger partial charge in [0.25, 0.3) is 0 Å². The van der Waals surface area contributed by atoms with Gasteiger partial charge in [0, 0.05) is 52.7 Å². The van der Waals surface area contributed by atoms with E-state index in [1.54, 1.807) is 0 Å². The second kappa shape index (κ2) is 11.5. The van der Waals surface area contributed by atoms with Gasteiger partial charge in [-0.05, 0) is 74.7 Å². The molecule has 1 aliphatic heterocycles. The van der Waals surface area contributed by atoms with Crippen molar-refractivity contribution in [1.82, 2.24) is 15.2 Å². The fraction of sp³-hybridized carbons (Fsp3) is 0.484. The summed E-state index contributed by atoms with van der Waals surface area (Å²) in [6, 6.07) is 13.3. The Labute approximate surface area is 230 Å². The molecule has 0 saturated heterocycles. The number of hydrogen-bond donors (Lipinski definition) is 2. The molecular weight excluding hydrogens is 496 g/mol. The lowest BCUT2D eigenvalue weighted by Crippen LogP contribution is -2.55. The van der Waals surface area contributed by atoms with Crippen LogP contribution in [-0.2, 0) is 16.0 Å². The normalized spacial score (nSPS) is 19.8. The monoisotopic (exact) mass is 534 g/mol. The first kappa shape index (κ1) is 26.8. The second-order valence-corrected chi connectivity index (χ2v) is 11.9. The van der Waals surface area contributed by atoms with Gasteiger partial charge in [-0.2, -0.15) is 0 Å². The van der Waals surface area contributed by atoms with Gasteiger partial charge >= 0.3 is 0 Å². The van der Waals surface area contributed by atoms with Crippen LogP contribution in [0.5, 0.6) is 0 Å². The molecular formula is C31H39ClN4O2. The number of aromatic amines is 1. The summed E-state index contributed by atoms with van der Waals surface area (Å²) in [7, 11) is 4.12. The summed E-state index contributed by atoms with van der Waals surface area (Å²) < 4.78 is 0. The molecule has 1 aliphatic carbocycles. The van der Waals surface area contributed by atoms with Gasteiger partial charge in [-0.15, -0.1) is 0 Å². The molecule has 3 aromatic rings. The van der Waals surface area contributed by atoms with Crippen molar-refractivity contribution in [2.75, 3.05) is 32.1 Å². The molecule has 6 nitrogen and oxygen atoms in total. The maximum absolute atomic E-state index is 14.5. The van der Waals surface area contributed by atoms with Crippen molar-refractivity contribution in [3.63, 3.8) is 0 Å². The number of rotatable bonds is 7. The fourth-order valence-electron chi connectivity index (χ4n) is 6.42. The third-order valence-corrected chi connectivity index (χ3v) is 8.56. The number of fused-ring (bicyclic) bond motifs is 2. The Morgan fingerprint density at radius 2 is 1.89 bits per heavy atom. The summed E-state index contributed by atoms with van der Waals surface area (Å²) in [5, 5.41) is 5.01. The van der Waals surface area contributed by atoms with Crippen molar-refractivity contribution in [3.05, 3.63) is 64.8 Å². The van der Waals surface area contributed by atoms with E-state index < -0.39 is 6.04 Å². The van der Waals surface area contributed by atoms with E-state index in [0.717, 1.165) is 66.4 Å². The highest BCUT2D eigenvalue weighted by Crippen LogP contribution is 2.35. The van der Waals surface area contributed by atoms with Crippen molar-refractivity contribution < 1.29 is 9.59 Å². The Hall–Kier alpha value is -2.83. The number of halogens is 1. The van der Waals surface area contributed by atoms with E-state index >= 15 is 0 Å². The highest BCUT2D eigenvalue weighted by Gasteiger charge is 2.38. The van der Waals surface area contributed by atoms with Crippen LogP contribution in [0.25, 0.3) is 10.9 Å². The van der Waals surface area contributed by atoms with Gasteiger partial charge in [-0.25, -0.2) is 0 Å². The van der Waals surface area contributed by atoms with E-state index in [4.69, 9.17) is 11.6 Å². The maximum Gasteiger partial charge on any atom is 0.250 e. The summed E-state index contributed by atoms with van der Waals surface area (Å²) >= 11 is 6.37. The Morgan fingerprint density at radius 3 is 2.66 bits per heavy atom. The third kappa shape index (κ3) is 5.62. The Bertz CT molecular complexity index is 1300. The third-order valence-electron chi connectivity index (χ3n) is 8.32. The highest BCUT2D eigenvalue weighted by molar-refractivity contribution is 6.30. The fourth-order valence-corrected chi connectivity index (χ4v) is 6.61. The largest absolute Gasteiger partial charge is 0.361 e. The minimum atomic E-state index is -0.676. The van der Waals surface area contributed by atoms with Crippen LogP contribution in [0.4, 0.5) is 5.69 Å². The Balaban J connectivity index is 1.51. The minimum Gasteiger partial charge on any atom is -0.361 e. The molecule has 2 unspecified atom stereocenters. The molecule has 1 fully saturated rings. The van der Waals surface area contributed by atoms with E-state index in [-0.39, 0.29) is 29.6 Å². The minimum absolute atomic E-state index is 0.00734. The molecule has 2 aliphatic rings. The average Bonchev–Trinajstić information content (AvgIpc) is 3.34. The molecule has 0 bridgehead atoms. The quantitative estimate of drug-likeness (QED) is 0.405. The molecule has 0 radical (unpaired) electrons. The zero-order chi connectivity index (χ0) is 26.8. The maximum atomic E-state index is 14.5. The van der Waals surface area contributed by atoms with Crippen molar-refractivity contribution in [3.8, 4) is 0 Å². The Kier molecular flexibility index (Phi) is 8.10. The van der Waals surface area contributed by atoms with Gasteiger partial charge < -0.3 is 20.1 Å². The number of anilines is 1. The molecule has 7 heteroatoms. The van der Waals surface area contributed by atoms with Crippen molar-refractivity contribution >= 4 is 40.0 Å². The number of nitrogens with zero attached hydrogens (tertiary/aromatic N) is 2. The number of carbonyl (C=O) groups is 2. The van der Waals surface area contributed by atoms with Gasteiger partial charge in [0.2, 0.25) is 11.8 Å². The smallest absolute Gasteiger partial charge is 0.250 e. The number of aromatic nitrogens is 1.